The number of halogens is 2. The molecule has 2 aromatic heterocycles. The van der Waals surface area contributed by atoms with Gasteiger partial charge in [-0.2, -0.15) is 5.26 Å². The molecule has 3 heterocycles. The Hall–Kier alpha value is -4.47. The molecule has 0 bridgehead atoms. The first-order valence-corrected chi connectivity index (χ1v) is 14.5. The van der Waals surface area contributed by atoms with Gasteiger partial charge in [-0.15, -0.1) is 0 Å². The van der Waals surface area contributed by atoms with Crippen LogP contribution in [0.15, 0.2) is 54.6 Å². The number of nitrogens with zero attached hydrogens (tertiary/aromatic N) is 4. The van der Waals surface area contributed by atoms with Crippen LogP contribution in [0.3, 0.4) is 0 Å². The van der Waals surface area contributed by atoms with Crippen LogP contribution < -0.4 is 15.4 Å². The fraction of sp³-hybridized carbons (Fsp3) is 0.323. The van der Waals surface area contributed by atoms with Crippen molar-refractivity contribution in [1.29, 1.82) is 5.26 Å². The minimum atomic E-state index is -2.66. The standard InChI is InChI=1S/C31H30F2N6O3S/c1-19-7-8-22(35-27(41)20-5-4-6-21(15-20)30(2,3)18-34)16-24(19)42-26-10-9-23-28(38-26)43-29(36-23)37-25(40)17-39-13-11-31(32,33)12-14-39/h4-10,15-16H,11-14,17H2,1-3H3,(H,35,41)(H,36,37,40). The van der Waals surface area contributed by atoms with E-state index < -0.39 is 11.3 Å². The van der Waals surface area contributed by atoms with Crippen molar-refractivity contribution < 1.29 is 23.1 Å². The molecule has 2 N–H and O–H groups in total. The number of nitrogens with one attached hydrogen (secondary N) is 2. The number of nitriles is 1. The van der Waals surface area contributed by atoms with E-state index in [1.54, 1.807) is 61.2 Å². The third-order valence-corrected chi connectivity index (χ3v) is 8.10. The molecule has 1 aliphatic heterocycles. The minimum absolute atomic E-state index is 0.0171. The van der Waals surface area contributed by atoms with Crippen LogP contribution in [0.2, 0.25) is 0 Å². The van der Waals surface area contributed by atoms with E-state index in [1.807, 2.05) is 19.1 Å². The Labute approximate surface area is 251 Å². The predicted molar refractivity (Wildman–Crippen MR) is 161 cm³/mol. The van der Waals surface area contributed by atoms with Crippen molar-refractivity contribution in [2.75, 3.05) is 30.3 Å². The van der Waals surface area contributed by atoms with Crippen molar-refractivity contribution in [2.45, 2.75) is 45.0 Å². The second-order valence-corrected chi connectivity index (χ2v) is 12.0. The first kappa shape index (κ1) is 30.0. The minimum Gasteiger partial charge on any atom is -0.439 e. The summed E-state index contributed by atoms with van der Waals surface area (Å²) in [5, 5.41) is 15.4. The fourth-order valence-electron chi connectivity index (χ4n) is 4.53. The Morgan fingerprint density at radius 1 is 1.09 bits per heavy atom. The third-order valence-electron chi connectivity index (χ3n) is 7.22. The Morgan fingerprint density at radius 2 is 1.86 bits per heavy atom. The predicted octanol–water partition coefficient (Wildman–Crippen LogP) is 6.52. The van der Waals surface area contributed by atoms with E-state index >= 15 is 0 Å². The van der Waals surface area contributed by atoms with Crippen LogP contribution in [0.4, 0.5) is 19.6 Å². The molecular weight excluding hydrogens is 574 g/mol. The summed E-state index contributed by atoms with van der Waals surface area (Å²) in [6.07, 6.45) is -0.503. The summed E-state index contributed by atoms with van der Waals surface area (Å²) in [6, 6.07) is 17.9. The molecule has 0 radical (unpaired) electrons. The van der Waals surface area contributed by atoms with Gasteiger partial charge in [-0.1, -0.05) is 29.5 Å². The maximum atomic E-state index is 13.4. The Balaban J connectivity index is 1.24. The lowest BCUT2D eigenvalue weighted by molar-refractivity contribution is -0.119. The number of aromatic nitrogens is 2. The molecule has 0 unspecified atom stereocenters. The Bertz CT molecular complexity index is 1720. The van der Waals surface area contributed by atoms with Crippen molar-refractivity contribution in [1.82, 2.24) is 14.9 Å². The lowest BCUT2D eigenvalue weighted by atomic mass is 9.85. The molecule has 0 spiro atoms. The highest BCUT2D eigenvalue weighted by molar-refractivity contribution is 7.21. The van der Waals surface area contributed by atoms with Crippen molar-refractivity contribution in [2.24, 2.45) is 0 Å². The molecule has 5 rings (SSSR count). The van der Waals surface area contributed by atoms with Gasteiger partial charge in [0.1, 0.15) is 16.1 Å². The van der Waals surface area contributed by atoms with Gasteiger partial charge in [0.05, 0.1) is 18.0 Å². The Kier molecular flexibility index (Phi) is 8.39. The summed E-state index contributed by atoms with van der Waals surface area (Å²) in [6.45, 7) is 5.82. The number of carbonyl (C=O) groups is 2. The van der Waals surface area contributed by atoms with Crippen molar-refractivity contribution in [3.05, 3.63) is 71.3 Å². The number of likely N-dealkylation sites (tertiary alicyclic amines) is 1. The zero-order valence-corrected chi connectivity index (χ0v) is 24.7. The highest BCUT2D eigenvalue weighted by atomic mass is 32.1. The molecule has 4 aromatic rings. The number of alkyl halides is 2. The van der Waals surface area contributed by atoms with Crippen molar-refractivity contribution >= 4 is 44.3 Å². The van der Waals surface area contributed by atoms with Crippen LogP contribution in [0.5, 0.6) is 11.6 Å². The first-order valence-electron chi connectivity index (χ1n) is 13.7. The highest BCUT2D eigenvalue weighted by Gasteiger charge is 2.34. The number of pyridine rings is 1. The van der Waals surface area contributed by atoms with E-state index in [1.165, 1.54) is 11.3 Å². The monoisotopic (exact) mass is 604 g/mol. The number of anilines is 2. The van der Waals surface area contributed by atoms with E-state index in [9.17, 15) is 23.6 Å². The second kappa shape index (κ2) is 12.0. The van der Waals surface area contributed by atoms with E-state index in [-0.39, 0.29) is 44.3 Å². The lowest BCUT2D eigenvalue weighted by Crippen LogP contribution is -2.42. The maximum Gasteiger partial charge on any atom is 0.255 e. The number of carbonyl (C=O) groups excluding carboxylic acids is 2. The summed E-state index contributed by atoms with van der Waals surface area (Å²) < 4.78 is 32.8. The molecule has 222 valence electrons. The summed E-state index contributed by atoms with van der Waals surface area (Å²) in [7, 11) is 0. The number of hydrogen-bond acceptors (Lipinski definition) is 8. The quantitative estimate of drug-likeness (QED) is 0.235. The van der Waals surface area contributed by atoms with Gasteiger partial charge in [-0.25, -0.2) is 18.7 Å². The van der Waals surface area contributed by atoms with E-state index in [0.717, 1.165) is 11.1 Å². The molecule has 0 atom stereocenters. The number of amides is 2. The summed E-state index contributed by atoms with van der Waals surface area (Å²) >= 11 is 1.18. The van der Waals surface area contributed by atoms with Crippen LogP contribution in [0, 0.1) is 18.3 Å². The molecule has 1 fully saturated rings. The smallest absolute Gasteiger partial charge is 0.255 e. The van der Waals surface area contributed by atoms with Gasteiger partial charge in [0.25, 0.3) is 11.8 Å². The van der Waals surface area contributed by atoms with E-state index in [4.69, 9.17) is 4.74 Å². The number of thiazole rings is 1. The molecule has 9 nitrogen and oxygen atoms in total. The normalized spacial score (nSPS) is 15.1. The van der Waals surface area contributed by atoms with Gasteiger partial charge in [-0.3, -0.25) is 14.5 Å². The first-order chi connectivity index (χ1) is 20.4. The molecule has 12 heteroatoms. The summed E-state index contributed by atoms with van der Waals surface area (Å²) in [4.78, 5) is 36.6. The number of fused-ring (bicyclic) bond motifs is 1. The third kappa shape index (κ3) is 7.31. The van der Waals surface area contributed by atoms with Crippen LogP contribution in [-0.2, 0) is 10.2 Å². The number of rotatable bonds is 8. The van der Waals surface area contributed by atoms with Gasteiger partial charge in [0.15, 0.2) is 5.13 Å². The lowest BCUT2D eigenvalue weighted by Gasteiger charge is -2.30. The zero-order chi connectivity index (χ0) is 30.8. The highest BCUT2D eigenvalue weighted by Crippen LogP contribution is 2.32. The molecule has 0 saturated carbocycles. The average molecular weight is 605 g/mol. The summed E-state index contributed by atoms with van der Waals surface area (Å²) in [5.41, 5.74) is 2.38. The number of benzene rings is 2. The maximum absolute atomic E-state index is 13.4. The van der Waals surface area contributed by atoms with Gasteiger partial charge < -0.3 is 15.4 Å². The van der Waals surface area contributed by atoms with E-state index in [0.29, 0.717) is 38.4 Å². The Morgan fingerprint density at radius 3 is 2.60 bits per heavy atom. The van der Waals surface area contributed by atoms with Gasteiger partial charge in [-0.05, 0) is 56.2 Å². The van der Waals surface area contributed by atoms with Crippen LogP contribution in [0.25, 0.3) is 10.3 Å². The molecule has 1 aliphatic rings. The van der Waals surface area contributed by atoms with Crippen molar-refractivity contribution in [3.8, 4) is 17.7 Å². The second-order valence-electron chi connectivity index (χ2n) is 11.0. The molecule has 43 heavy (non-hydrogen) atoms. The number of hydrogen-bond donors (Lipinski definition) is 2. The number of piperidine rings is 1. The summed E-state index contributed by atoms with van der Waals surface area (Å²) in [5.74, 6) is -2.50. The van der Waals surface area contributed by atoms with Crippen LogP contribution >= 0.6 is 11.3 Å². The zero-order valence-electron chi connectivity index (χ0n) is 23.9. The average Bonchev–Trinajstić information content (AvgIpc) is 3.37. The largest absolute Gasteiger partial charge is 0.439 e. The topological polar surface area (TPSA) is 120 Å². The SMILES string of the molecule is Cc1ccc(NC(=O)c2cccc(C(C)(C)C#N)c2)cc1Oc1ccc2nc(NC(=O)CN3CCC(F)(F)CC3)sc2n1. The molecule has 2 aromatic carbocycles. The number of aryl methyl sites for hydroxylation is 1. The van der Waals surface area contributed by atoms with Crippen molar-refractivity contribution in [3.63, 3.8) is 0 Å². The van der Waals surface area contributed by atoms with Crippen LogP contribution in [0.1, 0.15) is 48.2 Å². The van der Waals surface area contributed by atoms with Gasteiger partial charge >= 0.3 is 0 Å². The molecule has 1 saturated heterocycles. The molecule has 0 aliphatic carbocycles. The molecular formula is C31H30F2N6O3S. The van der Waals surface area contributed by atoms with Crippen LogP contribution in [-0.4, -0.2) is 52.2 Å². The van der Waals surface area contributed by atoms with E-state index in [2.05, 4.69) is 26.7 Å². The fourth-order valence-corrected chi connectivity index (χ4v) is 5.37. The van der Waals surface area contributed by atoms with Gasteiger partial charge in [0.2, 0.25) is 11.8 Å². The molecule has 2 amide bonds. The van der Waals surface area contributed by atoms with Gasteiger partial charge in [0, 0.05) is 49.3 Å². The number of ether oxygens (including phenoxy) is 1.